The van der Waals surface area contributed by atoms with E-state index in [9.17, 15) is 0 Å². The molecule has 0 spiro atoms. The lowest BCUT2D eigenvalue weighted by Crippen LogP contribution is -2.23. The highest BCUT2D eigenvalue weighted by atomic mass is 14.9. The van der Waals surface area contributed by atoms with Crippen molar-refractivity contribution in [2.75, 3.05) is 6.54 Å². The van der Waals surface area contributed by atoms with E-state index in [4.69, 9.17) is 0 Å². The highest BCUT2D eigenvalue weighted by Crippen LogP contribution is 2.27. The van der Waals surface area contributed by atoms with Crippen molar-refractivity contribution in [3.8, 4) is 0 Å². The van der Waals surface area contributed by atoms with Crippen LogP contribution in [0.25, 0.3) is 10.9 Å². The quantitative estimate of drug-likeness (QED) is 0.779. The van der Waals surface area contributed by atoms with E-state index >= 15 is 0 Å². The maximum atomic E-state index is 3.54. The standard InChI is InChI=1S/C17H26N2/c1-11(2)18-8-6-7-15-14(5)19-16-10-12(3)9-13(4)17(15)16/h9-11,18-19H,6-8H2,1-5H3. The average Bonchev–Trinajstić information content (AvgIpc) is 2.60. The Morgan fingerprint density at radius 3 is 2.58 bits per heavy atom. The molecule has 2 nitrogen and oxygen atoms in total. The van der Waals surface area contributed by atoms with Crippen LogP contribution >= 0.6 is 0 Å². The summed E-state index contributed by atoms with van der Waals surface area (Å²) in [5, 5.41) is 4.93. The smallest absolute Gasteiger partial charge is 0.0464 e. The van der Waals surface area contributed by atoms with Crippen molar-refractivity contribution in [2.24, 2.45) is 0 Å². The molecule has 0 aliphatic heterocycles. The molecule has 2 heteroatoms. The van der Waals surface area contributed by atoms with Gasteiger partial charge in [-0.2, -0.15) is 0 Å². The molecule has 1 aromatic carbocycles. The van der Waals surface area contributed by atoms with Crippen molar-refractivity contribution in [3.63, 3.8) is 0 Å². The van der Waals surface area contributed by atoms with Crippen LogP contribution in [0.15, 0.2) is 12.1 Å². The van der Waals surface area contributed by atoms with Crippen LogP contribution in [-0.4, -0.2) is 17.6 Å². The molecule has 104 valence electrons. The molecule has 0 aliphatic carbocycles. The highest BCUT2D eigenvalue weighted by Gasteiger charge is 2.10. The Kier molecular flexibility index (Phi) is 4.31. The van der Waals surface area contributed by atoms with Gasteiger partial charge < -0.3 is 10.3 Å². The molecule has 0 atom stereocenters. The largest absolute Gasteiger partial charge is 0.358 e. The van der Waals surface area contributed by atoms with Gasteiger partial charge in [0, 0.05) is 22.6 Å². The molecule has 1 heterocycles. The molecule has 2 rings (SSSR count). The number of rotatable bonds is 5. The summed E-state index contributed by atoms with van der Waals surface area (Å²) in [5.41, 5.74) is 6.85. The van der Waals surface area contributed by atoms with Crippen LogP contribution in [-0.2, 0) is 6.42 Å². The molecule has 19 heavy (non-hydrogen) atoms. The van der Waals surface area contributed by atoms with Crippen LogP contribution in [0.2, 0.25) is 0 Å². The summed E-state index contributed by atoms with van der Waals surface area (Å²) in [4.78, 5) is 3.54. The van der Waals surface area contributed by atoms with Crippen molar-refractivity contribution in [1.82, 2.24) is 10.3 Å². The number of aromatic nitrogens is 1. The zero-order valence-corrected chi connectivity index (χ0v) is 12.9. The van der Waals surface area contributed by atoms with Gasteiger partial charge in [0.2, 0.25) is 0 Å². The number of fused-ring (bicyclic) bond motifs is 1. The first-order valence-electron chi connectivity index (χ1n) is 7.31. The van der Waals surface area contributed by atoms with Gasteiger partial charge in [-0.25, -0.2) is 0 Å². The van der Waals surface area contributed by atoms with Gasteiger partial charge in [-0.1, -0.05) is 19.9 Å². The number of H-pyrrole nitrogens is 1. The van der Waals surface area contributed by atoms with E-state index in [1.54, 1.807) is 0 Å². The third kappa shape index (κ3) is 3.19. The predicted octanol–water partition coefficient (Wildman–Crippen LogP) is 4.02. The van der Waals surface area contributed by atoms with Crippen LogP contribution in [0.1, 0.15) is 42.7 Å². The monoisotopic (exact) mass is 258 g/mol. The first kappa shape index (κ1) is 14.1. The van der Waals surface area contributed by atoms with Crippen LogP contribution in [0.4, 0.5) is 0 Å². The molecular formula is C17H26N2. The third-order valence-electron chi connectivity index (χ3n) is 3.71. The van der Waals surface area contributed by atoms with E-state index in [0.29, 0.717) is 6.04 Å². The van der Waals surface area contributed by atoms with E-state index in [1.165, 1.54) is 39.7 Å². The normalized spacial score (nSPS) is 11.7. The van der Waals surface area contributed by atoms with E-state index < -0.39 is 0 Å². The molecule has 2 aromatic rings. The molecule has 0 aliphatic rings. The Morgan fingerprint density at radius 2 is 1.89 bits per heavy atom. The lowest BCUT2D eigenvalue weighted by atomic mass is 10.0. The van der Waals surface area contributed by atoms with Crippen molar-refractivity contribution in [1.29, 1.82) is 0 Å². The van der Waals surface area contributed by atoms with Gasteiger partial charge >= 0.3 is 0 Å². The average molecular weight is 258 g/mol. The van der Waals surface area contributed by atoms with E-state index in [-0.39, 0.29) is 0 Å². The van der Waals surface area contributed by atoms with E-state index in [1.807, 2.05) is 0 Å². The summed E-state index contributed by atoms with van der Waals surface area (Å²) >= 11 is 0. The summed E-state index contributed by atoms with van der Waals surface area (Å²) in [6, 6.07) is 5.12. The Labute approximate surface area is 116 Å². The van der Waals surface area contributed by atoms with E-state index in [0.717, 1.165) is 13.0 Å². The first-order valence-corrected chi connectivity index (χ1v) is 7.31. The first-order chi connectivity index (χ1) is 8.99. The van der Waals surface area contributed by atoms with Crippen molar-refractivity contribution < 1.29 is 0 Å². The maximum absolute atomic E-state index is 3.54. The Morgan fingerprint density at radius 1 is 1.16 bits per heavy atom. The van der Waals surface area contributed by atoms with Gasteiger partial charge in [-0.05, 0) is 62.9 Å². The SMILES string of the molecule is Cc1cc(C)c2c(CCCNC(C)C)c(C)[nH]c2c1. The minimum atomic E-state index is 0.577. The summed E-state index contributed by atoms with van der Waals surface area (Å²) < 4.78 is 0. The van der Waals surface area contributed by atoms with Crippen molar-refractivity contribution in [2.45, 2.75) is 53.5 Å². The molecule has 0 amide bonds. The Balaban J connectivity index is 2.20. The molecule has 0 unspecified atom stereocenters. The van der Waals surface area contributed by atoms with Gasteiger partial charge in [-0.15, -0.1) is 0 Å². The van der Waals surface area contributed by atoms with Gasteiger partial charge in [0.25, 0.3) is 0 Å². The van der Waals surface area contributed by atoms with Crippen LogP contribution in [0, 0.1) is 20.8 Å². The number of hydrogen-bond donors (Lipinski definition) is 2. The molecule has 0 saturated heterocycles. The maximum Gasteiger partial charge on any atom is 0.0464 e. The fourth-order valence-electron chi connectivity index (χ4n) is 2.90. The molecular weight excluding hydrogens is 232 g/mol. The topological polar surface area (TPSA) is 27.8 Å². The molecule has 0 saturated carbocycles. The Bertz CT molecular complexity index is 564. The lowest BCUT2D eigenvalue weighted by Gasteiger charge is -2.08. The fraction of sp³-hybridized carbons (Fsp3) is 0.529. The third-order valence-corrected chi connectivity index (χ3v) is 3.71. The molecule has 1 aromatic heterocycles. The zero-order chi connectivity index (χ0) is 14.0. The van der Waals surface area contributed by atoms with Crippen LogP contribution in [0.3, 0.4) is 0 Å². The summed E-state index contributed by atoms with van der Waals surface area (Å²) in [5.74, 6) is 0. The fourth-order valence-corrected chi connectivity index (χ4v) is 2.90. The van der Waals surface area contributed by atoms with Gasteiger partial charge in [-0.3, -0.25) is 0 Å². The molecule has 0 radical (unpaired) electrons. The zero-order valence-electron chi connectivity index (χ0n) is 12.9. The summed E-state index contributed by atoms with van der Waals surface area (Å²) in [6.45, 7) is 12.1. The number of benzene rings is 1. The minimum absolute atomic E-state index is 0.577. The van der Waals surface area contributed by atoms with Crippen molar-refractivity contribution >= 4 is 10.9 Å². The van der Waals surface area contributed by atoms with Crippen LogP contribution < -0.4 is 5.32 Å². The predicted molar refractivity (Wildman–Crippen MR) is 84.0 cm³/mol. The number of aromatic amines is 1. The second-order valence-corrected chi connectivity index (χ2v) is 5.95. The van der Waals surface area contributed by atoms with Crippen molar-refractivity contribution in [3.05, 3.63) is 34.5 Å². The lowest BCUT2D eigenvalue weighted by molar-refractivity contribution is 0.570. The van der Waals surface area contributed by atoms with Gasteiger partial charge in [0.05, 0.1) is 0 Å². The van der Waals surface area contributed by atoms with E-state index in [2.05, 4.69) is 57.1 Å². The summed E-state index contributed by atoms with van der Waals surface area (Å²) in [6.07, 6.45) is 2.34. The van der Waals surface area contributed by atoms with Crippen LogP contribution in [0.5, 0.6) is 0 Å². The molecule has 2 N–H and O–H groups in total. The number of hydrogen-bond acceptors (Lipinski definition) is 1. The second-order valence-electron chi connectivity index (χ2n) is 5.95. The second kappa shape index (κ2) is 5.79. The minimum Gasteiger partial charge on any atom is -0.358 e. The molecule has 0 bridgehead atoms. The molecule has 0 fully saturated rings. The summed E-state index contributed by atoms with van der Waals surface area (Å²) in [7, 11) is 0. The van der Waals surface area contributed by atoms with Gasteiger partial charge in [0.1, 0.15) is 0 Å². The Hall–Kier alpha value is -1.28. The highest BCUT2D eigenvalue weighted by molar-refractivity contribution is 5.88. The number of nitrogens with one attached hydrogen (secondary N) is 2. The van der Waals surface area contributed by atoms with Gasteiger partial charge in [0.15, 0.2) is 0 Å². The number of aryl methyl sites for hydroxylation is 4.